The monoisotopic (exact) mass is 301 g/mol. The van der Waals surface area contributed by atoms with Crippen molar-refractivity contribution in [3.63, 3.8) is 0 Å². The van der Waals surface area contributed by atoms with Gasteiger partial charge < -0.3 is 10.2 Å². The molecule has 0 saturated heterocycles. The molecule has 1 heterocycles. The summed E-state index contributed by atoms with van der Waals surface area (Å²) in [5.41, 5.74) is 1.13. The average molecular weight is 301 g/mol. The molecule has 2 rings (SSSR count). The fourth-order valence-electron chi connectivity index (χ4n) is 2.30. The molecule has 2 aromatic rings. The summed E-state index contributed by atoms with van der Waals surface area (Å²) >= 11 is 0. The van der Waals surface area contributed by atoms with Crippen molar-refractivity contribution in [2.24, 2.45) is 0 Å². The van der Waals surface area contributed by atoms with Crippen LogP contribution in [-0.4, -0.2) is 46.2 Å². The van der Waals surface area contributed by atoms with Gasteiger partial charge >= 0.3 is 0 Å². The number of hydrogen-bond acceptors (Lipinski definition) is 4. The Morgan fingerprint density at radius 2 is 2.09 bits per heavy atom. The van der Waals surface area contributed by atoms with E-state index in [1.807, 2.05) is 44.4 Å². The molecule has 0 aliphatic heterocycles. The van der Waals surface area contributed by atoms with Crippen LogP contribution in [0.3, 0.4) is 0 Å². The molecule has 6 heteroatoms. The van der Waals surface area contributed by atoms with E-state index in [1.54, 1.807) is 11.0 Å². The summed E-state index contributed by atoms with van der Waals surface area (Å²) in [7, 11) is 4.01. The van der Waals surface area contributed by atoms with Crippen LogP contribution in [0, 0.1) is 0 Å². The van der Waals surface area contributed by atoms with Crippen LogP contribution >= 0.6 is 0 Å². The van der Waals surface area contributed by atoms with Gasteiger partial charge in [0.05, 0.1) is 6.04 Å². The zero-order valence-electron chi connectivity index (χ0n) is 13.1. The summed E-state index contributed by atoms with van der Waals surface area (Å²) < 4.78 is 1.74. The van der Waals surface area contributed by atoms with Crippen molar-refractivity contribution in [2.75, 3.05) is 20.6 Å². The van der Waals surface area contributed by atoms with Crippen molar-refractivity contribution in [1.82, 2.24) is 25.0 Å². The predicted molar refractivity (Wildman–Crippen MR) is 85.1 cm³/mol. The molecule has 1 N–H and O–H groups in total. The number of amides is 1. The first kappa shape index (κ1) is 16.2. The molecule has 1 amide bonds. The lowest BCUT2D eigenvalue weighted by molar-refractivity contribution is -0.122. The topological polar surface area (TPSA) is 63.1 Å². The molecule has 0 radical (unpaired) electrons. The van der Waals surface area contributed by atoms with E-state index in [0.717, 1.165) is 18.5 Å². The van der Waals surface area contributed by atoms with Crippen molar-refractivity contribution in [1.29, 1.82) is 0 Å². The first-order chi connectivity index (χ1) is 10.6. The van der Waals surface area contributed by atoms with Crippen molar-refractivity contribution < 1.29 is 4.79 Å². The fraction of sp³-hybridized carbons (Fsp3) is 0.438. The normalized spacial score (nSPS) is 12.3. The Balaban J connectivity index is 1.85. The third kappa shape index (κ3) is 5.29. The van der Waals surface area contributed by atoms with Gasteiger partial charge in [-0.05, 0) is 26.1 Å². The minimum atomic E-state index is 0.00932. The van der Waals surface area contributed by atoms with Crippen LogP contribution < -0.4 is 5.32 Å². The third-order valence-electron chi connectivity index (χ3n) is 3.34. The number of nitrogens with one attached hydrogen (secondary N) is 1. The molecule has 0 fully saturated rings. The summed E-state index contributed by atoms with van der Waals surface area (Å²) in [5.74, 6) is 0.0656. The molecular weight excluding hydrogens is 278 g/mol. The maximum atomic E-state index is 12.2. The Kier molecular flexibility index (Phi) is 6.09. The van der Waals surface area contributed by atoms with Gasteiger partial charge in [0, 0.05) is 19.5 Å². The van der Waals surface area contributed by atoms with Crippen LogP contribution in [-0.2, 0) is 11.3 Å². The van der Waals surface area contributed by atoms with Crippen LogP contribution in [0.15, 0.2) is 43.0 Å². The van der Waals surface area contributed by atoms with Crippen LogP contribution in [0.25, 0.3) is 0 Å². The van der Waals surface area contributed by atoms with E-state index in [0.29, 0.717) is 13.0 Å². The van der Waals surface area contributed by atoms with Crippen LogP contribution in [0.1, 0.15) is 24.4 Å². The van der Waals surface area contributed by atoms with Gasteiger partial charge in [0.2, 0.25) is 5.91 Å². The molecule has 0 bridgehead atoms. The van der Waals surface area contributed by atoms with E-state index in [-0.39, 0.29) is 11.9 Å². The highest BCUT2D eigenvalue weighted by Gasteiger charge is 2.15. The number of hydrogen-bond donors (Lipinski definition) is 1. The fourth-order valence-corrected chi connectivity index (χ4v) is 2.30. The van der Waals surface area contributed by atoms with Crippen molar-refractivity contribution >= 4 is 5.91 Å². The zero-order valence-corrected chi connectivity index (χ0v) is 13.1. The SMILES string of the molecule is CN(C)CC(NC(=O)CCCn1cncn1)c1ccccc1. The summed E-state index contributed by atoms with van der Waals surface area (Å²) in [6, 6.07) is 10.1. The minimum absolute atomic E-state index is 0.00932. The van der Waals surface area contributed by atoms with E-state index in [9.17, 15) is 4.79 Å². The summed E-state index contributed by atoms with van der Waals surface area (Å²) in [6.45, 7) is 1.48. The predicted octanol–water partition coefficient (Wildman–Crippen LogP) is 1.48. The molecule has 0 aliphatic carbocycles. The highest BCUT2D eigenvalue weighted by molar-refractivity contribution is 5.76. The number of nitrogens with zero attached hydrogens (tertiary/aromatic N) is 4. The molecule has 118 valence electrons. The quantitative estimate of drug-likeness (QED) is 0.802. The Hall–Kier alpha value is -2.21. The Morgan fingerprint density at radius 3 is 2.73 bits per heavy atom. The van der Waals surface area contributed by atoms with E-state index in [1.165, 1.54) is 6.33 Å². The number of carbonyl (C=O) groups is 1. The Labute approximate surface area is 131 Å². The van der Waals surface area contributed by atoms with Gasteiger partial charge in [-0.25, -0.2) is 4.98 Å². The number of benzene rings is 1. The van der Waals surface area contributed by atoms with E-state index >= 15 is 0 Å². The molecule has 1 atom stereocenters. The Morgan fingerprint density at radius 1 is 1.32 bits per heavy atom. The average Bonchev–Trinajstić information content (AvgIpc) is 3.00. The highest BCUT2D eigenvalue weighted by atomic mass is 16.1. The van der Waals surface area contributed by atoms with Crippen LogP contribution in [0.4, 0.5) is 0 Å². The number of rotatable bonds is 8. The second-order valence-corrected chi connectivity index (χ2v) is 5.56. The smallest absolute Gasteiger partial charge is 0.220 e. The first-order valence-electron chi connectivity index (χ1n) is 7.46. The second kappa shape index (κ2) is 8.29. The highest BCUT2D eigenvalue weighted by Crippen LogP contribution is 2.13. The number of carbonyl (C=O) groups excluding carboxylic acids is 1. The lowest BCUT2D eigenvalue weighted by atomic mass is 10.1. The maximum Gasteiger partial charge on any atom is 0.220 e. The molecule has 1 aromatic heterocycles. The third-order valence-corrected chi connectivity index (χ3v) is 3.34. The number of aromatic nitrogens is 3. The van der Waals surface area contributed by atoms with Gasteiger partial charge in [0.1, 0.15) is 12.7 Å². The molecule has 6 nitrogen and oxygen atoms in total. The number of aryl methyl sites for hydroxylation is 1. The molecule has 22 heavy (non-hydrogen) atoms. The molecule has 0 spiro atoms. The molecular formula is C16H23N5O. The summed E-state index contributed by atoms with van der Waals surface area (Å²) in [5, 5.41) is 7.15. The Bertz CT molecular complexity index is 553. The van der Waals surface area contributed by atoms with Crippen molar-refractivity contribution in [3.05, 3.63) is 48.5 Å². The van der Waals surface area contributed by atoms with E-state index < -0.39 is 0 Å². The van der Waals surface area contributed by atoms with E-state index in [2.05, 4.69) is 20.3 Å². The van der Waals surface area contributed by atoms with E-state index in [4.69, 9.17) is 0 Å². The molecule has 1 unspecified atom stereocenters. The first-order valence-corrected chi connectivity index (χ1v) is 7.46. The van der Waals surface area contributed by atoms with Gasteiger partial charge in [-0.3, -0.25) is 9.48 Å². The van der Waals surface area contributed by atoms with Crippen molar-refractivity contribution in [3.8, 4) is 0 Å². The lowest BCUT2D eigenvalue weighted by Gasteiger charge is -2.23. The summed E-state index contributed by atoms with van der Waals surface area (Å²) in [4.78, 5) is 18.1. The van der Waals surface area contributed by atoms with Crippen LogP contribution in [0.2, 0.25) is 0 Å². The lowest BCUT2D eigenvalue weighted by Crippen LogP contribution is -2.35. The van der Waals surface area contributed by atoms with Crippen molar-refractivity contribution in [2.45, 2.75) is 25.4 Å². The van der Waals surface area contributed by atoms with Gasteiger partial charge in [-0.15, -0.1) is 0 Å². The van der Waals surface area contributed by atoms with Gasteiger partial charge in [-0.1, -0.05) is 30.3 Å². The second-order valence-electron chi connectivity index (χ2n) is 5.56. The van der Waals surface area contributed by atoms with Gasteiger partial charge in [-0.2, -0.15) is 5.10 Å². The maximum absolute atomic E-state index is 12.2. The number of likely N-dealkylation sites (N-methyl/N-ethyl adjacent to an activating group) is 1. The van der Waals surface area contributed by atoms with Gasteiger partial charge in [0.25, 0.3) is 0 Å². The van der Waals surface area contributed by atoms with Crippen LogP contribution in [0.5, 0.6) is 0 Å². The molecule has 0 aliphatic rings. The minimum Gasteiger partial charge on any atom is -0.348 e. The summed E-state index contributed by atoms with van der Waals surface area (Å²) in [6.07, 6.45) is 4.40. The van der Waals surface area contributed by atoms with Gasteiger partial charge in [0.15, 0.2) is 0 Å². The largest absolute Gasteiger partial charge is 0.348 e. The molecule has 1 aromatic carbocycles. The zero-order chi connectivity index (χ0) is 15.8. The molecule has 0 saturated carbocycles. The standard InChI is InChI=1S/C16H23N5O/c1-20(2)11-15(14-7-4-3-5-8-14)19-16(22)9-6-10-21-13-17-12-18-21/h3-5,7-8,12-13,15H,6,9-11H2,1-2H3,(H,19,22).